The molecule has 1 unspecified atom stereocenters. The van der Waals surface area contributed by atoms with Crippen molar-refractivity contribution >= 4 is 40.6 Å². The van der Waals surface area contributed by atoms with Crippen LogP contribution in [0.1, 0.15) is 22.8 Å². The Kier molecular flexibility index (Phi) is 5.52. The summed E-state index contributed by atoms with van der Waals surface area (Å²) in [6.45, 7) is 8.03. The van der Waals surface area contributed by atoms with Crippen LogP contribution in [0.3, 0.4) is 0 Å². The van der Waals surface area contributed by atoms with E-state index in [1.807, 2.05) is 26.0 Å². The summed E-state index contributed by atoms with van der Waals surface area (Å²) in [6.07, 6.45) is 0. The Balaban J connectivity index is 1.47. The summed E-state index contributed by atoms with van der Waals surface area (Å²) in [5.74, 6) is -0.212. The second kappa shape index (κ2) is 8.08. The second-order valence-electron chi connectivity index (χ2n) is 7.70. The third kappa shape index (κ3) is 4.26. The Morgan fingerprint density at radius 2 is 1.90 bits per heavy atom. The van der Waals surface area contributed by atoms with E-state index in [9.17, 15) is 9.59 Å². The van der Waals surface area contributed by atoms with E-state index in [1.54, 1.807) is 12.1 Å². The van der Waals surface area contributed by atoms with Crippen LogP contribution in [0, 0.1) is 6.92 Å². The SMILES string of the molecule is Cc1cc(N2CCN(C)CC2)ccc1NC(=O)c1ccc2c(c1)NC(=O)C(C)S2. The van der Waals surface area contributed by atoms with Crippen molar-refractivity contribution < 1.29 is 9.59 Å². The summed E-state index contributed by atoms with van der Waals surface area (Å²) in [6, 6.07) is 11.6. The molecule has 0 spiro atoms. The third-order valence-corrected chi connectivity index (χ3v) is 6.68. The number of hydrogen-bond acceptors (Lipinski definition) is 5. The molecule has 29 heavy (non-hydrogen) atoms. The zero-order chi connectivity index (χ0) is 20.5. The van der Waals surface area contributed by atoms with Gasteiger partial charge in [-0.25, -0.2) is 0 Å². The van der Waals surface area contributed by atoms with E-state index < -0.39 is 0 Å². The molecule has 2 aliphatic heterocycles. The molecule has 2 heterocycles. The van der Waals surface area contributed by atoms with Crippen LogP contribution in [-0.4, -0.2) is 55.2 Å². The maximum Gasteiger partial charge on any atom is 0.255 e. The monoisotopic (exact) mass is 410 g/mol. The zero-order valence-electron chi connectivity index (χ0n) is 17.0. The fraction of sp³-hybridized carbons (Fsp3) is 0.364. The number of thioether (sulfide) groups is 1. The van der Waals surface area contributed by atoms with Crippen LogP contribution in [0.5, 0.6) is 0 Å². The quantitative estimate of drug-likeness (QED) is 0.812. The molecule has 0 aliphatic carbocycles. The lowest BCUT2D eigenvalue weighted by atomic mass is 10.1. The van der Waals surface area contributed by atoms with Gasteiger partial charge in [-0.05, 0) is 62.9 Å². The van der Waals surface area contributed by atoms with Crippen molar-refractivity contribution in [1.82, 2.24) is 4.90 Å². The van der Waals surface area contributed by atoms with Crippen LogP contribution in [0.4, 0.5) is 17.1 Å². The van der Waals surface area contributed by atoms with Gasteiger partial charge in [0.15, 0.2) is 0 Å². The molecule has 4 rings (SSSR count). The Morgan fingerprint density at radius 1 is 1.14 bits per heavy atom. The summed E-state index contributed by atoms with van der Waals surface area (Å²) in [7, 11) is 2.15. The van der Waals surface area contributed by atoms with Gasteiger partial charge in [-0.15, -0.1) is 11.8 Å². The minimum Gasteiger partial charge on any atom is -0.369 e. The molecule has 2 aromatic rings. The molecule has 2 N–H and O–H groups in total. The van der Waals surface area contributed by atoms with Crippen molar-refractivity contribution in [3.63, 3.8) is 0 Å². The number of hydrogen-bond donors (Lipinski definition) is 2. The highest BCUT2D eigenvalue weighted by molar-refractivity contribution is 8.00. The number of fused-ring (bicyclic) bond motifs is 1. The number of nitrogens with one attached hydrogen (secondary N) is 2. The van der Waals surface area contributed by atoms with Crippen molar-refractivity contribution in [2.45, 2.75) is 24.0 Å². The maximum atomic E-state index is 12.8. The highest BCUT2D eigenvalue weighted by atomic mass is 32.2. The summed E-state index contributed by atoms with van der Waals surface area (Å²) in [4.78, 5) is 30.4. The number of nitrogens with zero attached hydrogens (tertiary/aromatic N) is 2. The minimum absolute atomic E-state index is 0.0320. The van der Waals surface area contributed by atoms with E-state index in [-0.39, 0.29) is 17.1 Å². The fourth-order valence-electron chi connectivity index (χ4n) is 3.59. The lowest BCUT2D eigenvalue weighted by Gasteiger charge is -2.34. The molecule has 2 aliphatic rings. The van der Waals surface area contributed by atoms with Crippen LogP contribution in [0.2, 0.25) is 0 Å². The molecule has 2 aromatic carbocycles. The number of carbonyl (C=O) groups excluding carboxylic acids is 2. The van der Waals surface area contributed by atoms with Gasteiger partial charge in [-0.3, -0.25) is 9.59 Å². The third-order valence-electron chi connectivity index (χ3n) is 5.50. The lowest BCUT2D eigenvalue weighted by Crippen LogP contribution is -2.44. The normalized spacial score (nSPS) is 19.5. The first-order valence-electron chi connectivity index (χ1n) is 9.88. The van der Waals surface area contributed by atoms with Crippen LogP contribution in [-0.2, 0) is 4.79 Å². The maximum absolute atomic E-state index is 12.8. The fourth-order valence-corrected chi connectivity index (χ4v) is 4.52. The lowest BCUT2D eigenvalue weighted by molar-refractivity contribution is -0.115. The van der Waals surface area contributed by atoms with Crippen LogP contribution in [0.15, 0.2) is 41.3 Å². The average molecular weight is 411 g/mol. The molecule has 0 aromatic heterocycles. The number of rotatable bonds is 3. The van der Waals surface area contributed by atoms with Gasteiger partial charge in [-0.2, -0.15) is 0 Å². The largest absolute Gasteiger partial charge is 0.369 e. The molecule has 6 nitrogen and oxygen atoms in total. The summed E-state index contributed by atoms with van der Waals surface area (Å²) in [5.41, 5.74) is 4.26. The first-order chi connectivity index (χ1) is 13.9. The van der Waals surface area contributed by atoms with E-state index in [0.29, 0.717) is 11.3 Å². The van der Waals surface area contributed by atoms with Gasteiger partial charge in [0.25, 0.3) is 5.91 Å². The van der Waals surface area contributed by atoms with E-state index in [2.05, 4.69) is 39.6 Å². The van der Waals surface area contributed by atoms with Gasteiger partial charge < -0.3 is 20.4 Å². The number of carbonyl (C=O) groups is 2. The average Bonchev–Trinajstić information content (AvgIpc) is 2.70. The second-order valence-corrected chi connectivity index (χ2v) is 9.09. The molecule has 1 saturated heterocycles. The molecule has 2 amide bonds. The molecule has 7 heteroatoms. The molecule has 1 fully saturated rings. The van der Waals surface area contributed by atoms with Gasteiger partial charge in [0.2, 0.25) is 5.91 Å². The molecular formula is C22H26N4O2S. The van der Waals surface area contributed by atoms with Crippen LogP contribution < -0.4 is 15.5 Å². The topological polar surface area (TPSA) is 64.7 Å². The highest BCUT2D eigenvalue weighted by Gasteiger charge is 2.24. The van der Waals surface area contributed by atoms with Gasteiger partial charge in [0.1, 0.15) is 0 Å². The first-order valence-corrected chi connectivity index (χ1v) is 10.8. The standard InChI is InChI=1S/C22H26N4O2S/c1-14-12-17(26-10-8-25(3)9-11-26)5-6-18(14)23-22(28)16-4-7-20-19(13-16)24-21(27)15(2)29-20/h4-7,12-13,15H,8-11H2,1-3H3,(H,23,28)(H,24,27). The van der Waals surface area contributed by atoms with Crippen LogP contribution >= 0.6 is 11.8 Å². The minimum atomic E-state index is -0.180. The van der Waals surface area contributed by atoms with Crippen molar-refractivity contribution in [2.75, 3.05) is 48.8 Å². The molecule has 0 saturated carbocycles. The summed E-state index contributed by atoms with van der Waals surface area (Å²) in [5, 5.41) is 5.76. The van der Waals surface area contributed by atoms with E-state index in [4.69, 9.17) is 0 Å². The molecule has 0 bridgehead atoms. The summed E-state index contributed by atoms with van der Waals surface area (Å²) < 4.78 is 0. The van der Waals surface area contributed by atoms with Crippen LogP contribution in [0.25, 0.3) is 0 Å². The number of aryl methyl sites for hydroxylation is 1. The number of likely N-dealkylation sites (N-methyl/N-ethyl adjacent to an activating group) is 1. The summed E-state index contributed by atoms with van der Waals surface area (Å²) >= 11 is 1.51. The molecule has 152 valence electrons. The number of amides is 2. The first kappa shape index (κ1) is 19.8. The van der Waals surface area contributed by atoms with Crippen molar-refractivity contribution in [1.29, 1.82) is 0 Å². The van der Waals surface area contributed by atoms with E-state index in [1.165, 1.54) is 17.4 Å². The molecule has 1 atom stereocenters. The Hall–Kier alpha value is -2.51. The van der Waals surface area contributed by atoms with Gasteiger partial charge in [0.05, 0.1) is 10.9 Å². The zero-order valence-corrected chi connectivity index (χ0v) is 17.8. The molecule has 0 radical (unpaired) electrons. The predicted molar refractivity (Wildman–Crippen MR) is 119 cm³/mol. The molecular weight excluding hydrogens is 384 g/mol. The Bertz CT molecular complexity index is 954. The Labute approximate surface area is 175 Å². The highest BCUT2D eigenvalue weighted by Crippen LogP contribution is 2.36. The smallest absolute Gasteiger partial charge is 0.255 e. The number of benzene rings is 2. The van der Waals surface area contributed by atoms with E-state index in [0.717, 1.165) is 42.3 Å². The number of anilines is 3. The van der Waals surface area contributed by atoms with E-state index >= 15 is 0 Å². The van der Waals surface area contributed by atoms with Crippen molar-refractivity contribution in [2.24, 2.45) is 0 Å². The van der Waals surface area contributed by atoms with Gasteiger partial charge >= 0.3 is 0 Å². The number of piperazine rings is 1. The Morgan fingerprint density at radius 3 is 2.62 bits per heavy atom. The van der Waals surface area contributed by atoms with Crippen molar-refractivity contribution in [3.05, 3.63) is 47.5 Å². The van der Waals surface area contributed by atoms with Gasteiger partial charge in [0, 0.05) is 48.0 Å². The predicted octanol–water partition coefficient (Wildman–Crippen LogP) is 3.43. The van der Waals surface area contributed by atoms with Crippen molar-refractivity contribution in [3.8, 4) is 0 Å². The van der Waals surface area contributed by atoms with Gasteiger partial charge in [-0.1, -0.05) is 0 Å².